The number of rotatable bonds is 1. The average Bonchev–Trinajstić information content (AvgIpc) is 2.60. The van der Waals surface area contributed by atoms with E-state index in [2.05, 4.69) is 5.10 Å². The Hall–Kier alpha value is -2.04. The number of carbonyl (C=O) groups excluding carboxylic acids is 1. The maximum Gasteiger partial charge on any atom is 0.248 e. The minimum absolute atomic E-state index is 0.0112. The van der Waals surface area contributed by atoms with Crippen LogP contribution < -0.4 is 9.47 Å². The van der Waals surface area contributed by atoms with Crippen LogP contribution in [0.15, 0.2) is 23.3 Å². The van der Waals surface area contributed by atoms with E-state index in [1.165, 1.54) is 5.01 Å². The lowest BCUT2D eigenvalue weighted by atomic mass is 10.1. The van der Waals surface area contributed by atoms with Crippen molar-refractivity contribution in [3.05, 3.63) is 23.8 Å². The molecule has 0 radical (unpaired) electrons. The van der Waals surface area contributed by atoms with E-state index in [-0.39, 0.29) is 5.91 Å². The molecule has 0 fully saturated rings. The number of hydrogen-bond donors (Lipinski definition) is 0. The molecule has 2 aliphatic heterocycles. The lowest BCUT2D eigenvalue weighted by Crippen LogP contribution is -2.14. The van der Waals surface area contributed by atoms with Gasteiger partial charge in [-0.05, 0) is 18.2 Å². The molecule has 2 aliphatic rings. The zero-order chi connectivity index (χ0) is 12.5. The summed E-state index contributed by atoms with van der Waals surface area (Å²) >= 11 is 0. The second-order valence-electron chi connectivity index (χ2n) is 4.35. The third-order valence-electron chi connectivity index (χ3n) is 3.03. The SMILES string of the molecule is CN1N=C(c2ccc3c(c2)OCCCO3)CC1=O. The first-order valence-electron chi connectivity index (χ1n) is 5.98. The Morgan fingerprint density at radius 1 is 1.22 bits per heavy atom. The van der Waals surface area contributed by atoms with Crippen LogP contribution in [-0.2, 0) is 4.79 Å². The number of benzene rings is 1. The number of hydrazone groups is 1. The monoisotopic (exact) mass is 246 g/mol. The first kappa shape index (κ1) is 11.1. The van der Waals surface area contributed by atoms with E-state index in [0.29, 0.717) is 19.6 Å². The molecule has 0 atom stereocenters. The van der Waals surface area contributed by atoms with Crippen molar-refractivity contribution in [1.82, 2.24) is 5.01 Å². The molecule has 1 amide bonds. The summed E-state index contributed by atoms with van der Waals surface area (Å²) in [6.07, 6.45) is 1.22. The Morgan fingerprint density at radius 2 is 2.00 bits per heavy atom. The third-order valence-corrected chi connectivity index (χ3v) is 3.03. The fourth-order valence-electron chi connectivity index (χ4n) is 2.03. The molecular formula is C13H14N2O3. The van der Waals surface area contributed by atoms with Gasteiger partial charge in [-0.15, -0.1) is 0 Å². The summed E-state index contributed by atoms with van der Waals surface area (Å²) in [5.41, 5.74) is 1.69. The predicted octanol–water partition coefficient (Wildman–Crippen LogP) is 1.41. The highest BCUT2D eigenvalue weighted by atomic mass is 16.5. The lowest BCUT2D eigenvalue weighted by Gasteiger charge is -2.08. The molecule has 1 aromatic carbocycles. The predicted molar refractivity (Wildman–Crippen MR) is 66.0 cm³/mol. The van der Waals surface area contributed by atoms with Crippen molar-refractivity contribution in [3.8, 4) is 11.5 Å². The first-order valence-corrected chi connectivity index (χ1v) is 5.98. The molecule has 5 heteroatoms. The minimum atomic E-state index is 0.0112. The molecule has 0 aliphatic carbocycles. The zero-order valence-electron chi connectivity index (χ0n) is 10.2. The van der Waals surface area contributed by atoms with E-state index in [1.54, 1.807) is 7.05 Å². The van der Waals surface area contributed by atoms with E-state index < -0.39 is 0 Å². The Labute approximate surface area is 105 Å². The molecule has 0 bridgehead atoms. The van der Waals surface area contributed by atoms with E-state index >= 15 is 0 Å². The quantitative estimate of drug-likeness (QED) is 0.753. The summed E-state index contributed by atoms with van der Waals surface area (Å²) < 4.78 is 11.2. The standard InChI is InChI=1S/C13H14N2O3/c1-15-13(16)8-10(14-15)9-3-4-11-12(7-9)18-6-2-5-17-11/h3-4,7H,2,5-6,8H2,1H3. The molecular weight excluding hydrogens is 232 g/mol. The van der Waals surface area contributed by atoms with Gasteiger partial charge < -0.3 is 9.47 Å². The van der Waals surface area contributed by atoms with Crippen LogP contribution in [0.2, 0.25) is 0 Å². The average molecular weight is 246 g/mol. The number of fused-ring (bicyclic) bond motifs is 1. The van der Waals surface area contributed by atoms with Gasteiger partial charge in [-0.25, -0.2) is 5.01 Å². The van der Waals surface area contributed by atoms with Gasteiger partial charge in [0.05, 0.1) is 25.3 Å². The van der Waals surface area contributed by atoms with Gasteiger partial charge >= 0.3 is 0 Å². The van der Waals surface area contributed by atoms with Crippen molar-refractivity contribution >= 4 is 11.6 Å². The molecule has 2 heterocycles. The van der Waals surface area contributed by atoms with Crippen molar-refractivity contribution in [2.75, 3.05) is 20.3 Å². The smallest absolute Gasteiger partial charge is 0.248 e. The maximum absolute atomic E-state index is 11.5. The van der Waals surface area contributed by atoms with Crippen LogP contribution >= 0.6 is 0 Å². The highest BCUT2D eigenvalue weighted by molar-refractivity contribution is 6.13. The first-order chi connectivity index (χ1) is 8.74. The molecule has 94 valence electrons. The summed E-state index contributed by atoms with van der Waals surface area (Å²) in [5, 5.41) is 5.59. The number of nitrogens with zero attached hydrogens (tertiary/aromatic N) is 2. The normalized spacial score (nSPS) is 18.6. The van der Waals surface area contributed by atoms with Crippen LogP contribution in [0.1, 0.15) is 18.4 Å². The van der Waals surface area contributed by atoms with Gasteiger partial charge in [0.25, 0.3) is 0 Å². The van der Waals surface area contributed by atoms with E-state index in [1.807, 2.05) is 18.2 Å². The van der Waals surface area contributed by atoms with Gasteiger partial charge in [-0.3, -0.25) is 4.79 Å². The number of amides is 1. The molecule has 0 spiro atoms. The van der Waals surface area contributed by atoms with Gasteiger partial charge in [0.15, 0.2) is 11.5 Å². The van der Waals surface area contributed by atoms with Gasteiger partial charge in [0, 0.05) is 19.0 Å². The van der Waals surface area contributed by atoms with Gasteiger partial charge in [0.2, 0.25) is 5.91 Å². The van der Waals surface area contributed by atoms with Crippen LogP contribution in [0.25, 0.3) is 0 Å². The molecule has 0 saturated heterocycles. The molecule has 0 unspecified atom stereocenters. The summed E-state index contributed by atoms with van der Waals surface area (Å²) in [6, 6.07) is 5.69. The maximum atomic E-state index is 11.5. The summed E-state index contributed by atoms with van der Waals surface area (Å²) in [4.78, 5) is 11.5. The fraction of sp³-hybridized carbons (Fsp3) is 0.385. The van der Waals surface area contributed by atoms with Crippen molar-refractivity contribution in [1.29, 1.82) is 0 Å². The summed E-state index contributed by atoms with van der Waals surface area (Å²) in [7, 11) is 1.67. The zero-order valence-corrected chi connectivity index (χ0v) is 10.2. The van der Waals surface area contributed by atoms with Crippen LogP contribution in [0.4, 0.5) is 0 Å². The third kappa shape index (κ3) is 1.92. The van der Waals surface area contributed by atoms with Crippen LogP contribution in [0.3, 0.4) is 0 Å². The highest BCUT2D eigenvalue weighted by Crippen LogP contribution is 2.31. The number of carbonyl (C=O) groups is 1. The number of ether oxygens (including phenoxy) is 2. The van der Waals surface area contributed by atoms with Crippen molar-refractivity contribution in [2.45, 2.75) is 12.8 Å². The van der Waals surface area contributed by atoms with Crippen molar-refractivity contribution in [2.24, 2.45) is 5.10 Å². The largest absolute Gasteiger partial charge is 0.490 e. The molecule has 0 aromatic heterocycles. The topological polar surface area (TPSA) is 51.1 Å². The minimum Gasteiger partial charge on any atom is -0.490 e. The van der Waals surface area contributed by atoms with Crippen LogP contribution in [0, 0.1) is 0 Å². The van der Waals surface area contributed by atoms with Gasteiger partial charge in [-0.1, -0.05) is 0 Å². The van der Waals surface area contributed by atoms with Crippen LogP contribution in [0.5, 0.6) is 11.5 Å². The van der Waals surface area contributed by atoms with E-state index in [4.69, 9.17) is 9.47 Å². The second-order valence-corrected chi connectivity index (χ2v) is 4.35. The highest BCUT2D eigenvalue weighted by Gasteiger charge is 2.22. The number of hydrogen-bond acceptors (Lipinski definition) is 4. The molecule has 0 saturated carbocycles. The lowest BCUT2D eigenvalue weighted by molar-refractivity contribution is -0.127. The summed E-state index contributed by atoms with van der Waals surface area (Å²) in [6.45, 7) is 1.33. The Morgan fingerprint density at radius 3 is 2.72 bits per heavy atom. The van der Waals surface area contributed by atoms with Crippen molar-refractivity contribution in [3.63, 3.8) is 0 Å². The molecule has 3 rings (SSSR count). The molecule has 5 nitrogen and oxygen atoms in total. The molecule has 0 N–H and O–H groups in total. The molecule has 1 aromatic rings. The van der Waals surface area contributed by atoms with E-state index in [9.17, 15) is 4.79 Å². The summed E-state index contributed by atoms with van der Waals surface area (Å²) in [5.74, 6) is 1.50. The van der Waals surface area contributed by atoms with Gasteiger partial charge in [0.1, 0.15) is 0 Å². The fourth-order valence-corrected chi connectivity index (χ4v) is 2.03. The van der Waals surface area contributed by atoms with Gasteiger partial charge in [-0.2, -0.15) is 5.10 Å². The molecule has 18 heavy (non-hydrogen) atoms. The Kier molecular flexibility index (Phi) is 2.66. The Bertz CT molecular complexity index is 525. The van der Waals surface area contributed by atoms with Crippen molar-refractivity contribution < 1.29 is 14.3 Å². The van der Waals surface area contributed by atoms with Crippen LogP contribution in [-0.4, -0.2) is 36.9 Å². The Balaban J connectivity index is 1.93. The van der Waals surface area contributed by atoms with E-state index in [0.717, 1.165) is 29.2 Å². The second kappa shape index (κ2) is 4.33.